The zero-order valence-electron chi connectivity index (χ0n) is 13.3. The number of hydrogen-bond acceptors (Lipinski definition) is 3. The minimum atomic E-state index is -0.0953. The summed E-state index contributed by atoms with van der Waals surface area (Å²) in [6.07, 6.45) is 1.18. The van der Waals surface area contributed by atoms with E-state index in [1.54, 1.807) is 7.11 Å². The van der Waals surface area contributed by atoms with E-state index in [0.29, 0.717) is 0 Å². The van der Waals surface area contributed by atoms with Gasteiger partial charge in [0.05, 0.1) is 11.1 Å². The summed E-state index contributed by atoms with van der Waals surface area (Å²) in [5.74, 6) is 0. The maximum Gasteiger partial charge on any atom is 0.0749 e. The molecule has 0 spiro atoms. The predicted molar refractivity (Wildman–Crippen MR) is 83.9 cm³/mol. The van der Waals surface area contributed by atoms with E-state index in [1.807, 2.05) is 0 Å². The second-order valence-electron chi connectivity index (χ2n) is 6.65. The van der Waals surface area contributed by atoms with Crippen LogP contribution in [0.15, 0.2) is 30.3 Å². The lowest BCUT2D eigenvalue weighted by molar-refractivity contribution is -0.0106. The van der Waals surface area contributed by atoms with Crippen LogP contribution in [0.1, 0.15) is 32.8 Å². The third-order valence-corrected chi connectivity index (χ3v) is 4.27. The van der Waals surface area contributed by atoms with E-state index in [9.17, 15) is 0 Å². The molecule has 1 aliphatic rings. The molecule has 1 aromatic rings. The van der Waals surface area contributed by atoms with Crippen molar-refractivity contribution in [1.82, 2.24) is 10.2 Å². The average Bonchev–Trinajstić information content (AvgIpc) is 2.62. The first-order valence-corrected chi connectivity index (χ1v) is 7.53. The number of nitrogens with one attached hydrogen (secondary N) is 1. The molecule has 0 aromatic heterocycles. The van der Waals surface area contributed by atoms with Crippen LogP contribution in [0.4, 0.5) is 0 Å². The molecular weight excluding hydrogens is 248 g/mol. The summed E-state index contributed by atoms with van der Waals surface area (Å²) in [6.45, 7) is 10.8. The summed E-state index contributed by atoms with van der Waals surface area (Å²) in [6, 6.07) is 10.8. The Kier molecular flexibility index (Phi) is 4.84. The number of methoxy groups -OCH3 is 1. The van der Waals surface area contributed by atoms with Crippen molar-refractivity contribution in [3.63, 3.8) is 0 Å². The first-order chi connectivity index (χ1) is 9.45. The topological polar surface area (TPSA) is 24.5 Å². The van der Waals surface area contributed by atoms with Gasteiger partial charge < -0.3 is 10.1 Å². The Morgan fingerprint density at radius 3 is 2.65 bits per heavy atom. The number of rotatable bonds is 4. The van der Waals surface area contributed by atoms with Crippen LogP contribution in [0.5, 0.6) is 0 Å². The molecule has 0 bridgehead atoms. The van der Waals surface area contributed by atoms with Gasteiger partial charge in [0.1, 0.15) is 0 Å². The van der Waals surface area contributed by atoms with Crippen LogP contribution >= 0.6 is 0 Å². The molecule has 1 atom stereocenters. The zero-order valence-corrected chi connectivity index (χ0v) is 13.3. The van der Waals surface area contributed by atoms with Gasteiger partial charge >= 0.3 is 0 Å². The van der Waals surface area contributed by atoms with Crippen LogP contribution in [0, 0.1) is 0 Å². The lowest BCUT2D eigenvalue weighted by Crippen LogP contribution is -2.49. The summed E-state index contributed by atoms with van der Waals surface area (Å²) in [7, 11) is 1.80. The van der Waals surface area contributed by atoms with Gasteiger partial charge in [0.2, 0.25) is 0 Å². The third-order valence-electron chi connectivity index (χ3n) is 4.27. The molecule has 112 valence electrons. The third kappa shape index (κ3) is 3.81. The van der Waals surface area contributed by atoms with E-state index in [4.69, 9.17) is 4.74 Å². The molecule has 0 saturated carbocycles. The first-order valence-electron chi connectivity index (χ1n) is 7.53. The smallest absolute Gasteiger partial charge is 0.0749 e. The molecule has 1 N–H and O–H groups in total. The standard InChI is InChI=1S/C17H28N2O/c1-16(2,20-4)13-19-12-8-11-18-17(3,14-19)15-9-6-5-7-10-15/h5-7,9-10,18H,8,11-14H2,1-4H3. The Labute approximate surface area is 123 Å². The summed E-state index contributed by atoms with van der Waals surface area (Å²) < 4.78 is 5.59. The number of nitrogens with zero attached hydrogens (tertiary/aromatic N) is 1. The Hall–Kier alpha value is -0.900. The van der Waals surface area contributed by atoms with Crippen LogP contribution in [0.3, 0.4) is 0 Å². The molecule has 1 aromatic carbocycles. The number of hydrogen-bond donors (Lipinski definition) is 1. The van der Waals surface area contributed by atoms with Crippen molar-refractivity contribution in [1.29, 1.82) is 0 Å². The van der Waals surface area contributed by atoms with Crippen molar-refractivity contribution in [2.45, 2.75) is 38.3 Å². The highest BCUT2D eigenvalue weighted by Crippen LogP contribution is 2.25. The minimum Gasteiger partial charge on any atom is -0.377 e. The molecule has 0 aliphatic carbocycles. The van der Waals surface area contributed by atoms with E-state index >= 15 is 0 Å². The van der Waals surface area contributed by atoms with Gasteiger partial charge in [0.15, 0.2) is 0 Å². The molecule has 2 rings (SSSR count). The highest BCUT2D eigenvalue weighted by atomic mass is 16.5. The Morgan fingerprint density at radius 1 is 1.30 bits per heavy atom. The van der Waals surface area contributed by atoms with Crippen LogP contribution in [0.2, 0.25) is 0 Å². The van der Waals surface area contributed by atoms with Gasteiger partial charge in [-0.3, -0.25) is 4.90 Å². The van der Waals surface area contributed by atoms with Gasteiger partial charge in [0, 0.05) is 20.2 Å². The number of benzene rings is 1. The first kappa shape index (κ1) is 15.5. The Morgan fingerprint density at radius 2 is 2.00 bits per heavy atom. The number of ether oxygens (including phenoxy) is 1. The average molecular weight is 276 g/mol. The molecule has 1 fully saturated rings. The van der Waals surface area contributed by atoms with Crippen molar-refractivity contribution < 1.29 is 4.74 Å². The fourth-order valence-electron chi connectivity index (χ4n) is 2.99. The van der Waals surface area contributed by atoms with Crippen molar-refractivity contribution >= 4 is 0 Å². The highest BCUT2D eigenvalue weighted by molar-refractivity contribution is 5.24. The second-order valence-corrected chi connectivity index (χ2v) is 6.65. The fraction of sp³-hybridized carbons (Fsp3) is 0.647. The van der Waals surface area contributed by atoms with E-state index < -0.39 is 0 Å². The van der Waals surface area contributed by atoms with Gasteiger partial charge in [-0.2, -0.15) is 0 Å². The quantitative estimate of drug-likeness (QED) is 0.915. The molecule has 0 amide bonds. The van der Waals surface area contributed by atoms with Crippen LogP contribution in [-0.4, -0.2) is 43.8 Å². The van der Waals surface area contributed by atoms with Crippen molar-refractivity contribution in [3.05, 3.63) is 35.9 Å². The van der Waals surface area contributed by atoms with Crippen molar-refractivity contribution in [3.8, 4) is 0 Å². The molecule has 3 heteroatoms. The molecule has 1 heterocycles. The fourth-order valence-corrected chi connectivity index (χ4v) is 2.99. The minimum absolute atomic E-state index is 0.0155. The summed E-state index contributed by atoms with van der Waals surface area (Å²) >= 11 is 0. The molecule has 0 radical (unpaired) electrons. The second kappa shape index (κ2) is 6.25. The van der Waals surface area contributed by atoms with E-state index in [1.165, 1.54) is 12.0 Å². The largest absolute Gasteiger partial charge is 0.377 e. The maximum absolute atomic E-state index is 5.59. The van der Waals surface area contributed by atoms with E-state index in [2.05, 4.69) is 61.3 Å². The Bertz CT molecular complexity index is 418. The van der Waals surface area contributed by atoms with Gasteiger partial charge in [-0.15, -0.1) is 0 Å². The highest BCUT2D eigenvalue weighted by Gasteiger charge is 2.32. The molecule has 20 heavy (non-hydrogen) atoms. The predicted octanol–water partition coefficient (Wildman–Crippen LogP) is 2.62. The summed E-state index contributed by atoms with van der Waals surface area (Å²) in [4.78, 5) is 2.52. The van der Waals surface area contributed by atoms with Crippen LogP contribution < -0.4 is 5.32 Å². The van der Waals surface area contributed by atoms with Crippen LogP contribution in [-0.2, 0) is 10.3 Å². The molecule has 1 unspecified atom stereocenters. The van der Waals surface area contributed by atoms with Gasteiger partial charge in [-0.1, -0.05) is 30.3 Å². The molecule has 3 nitrogen and oxygen atoms in total. The SMILES string of the molecule is COC(C)(C)CN1CCCNC(C)(c2ccccc2)C1. The van der Waals surface area contributed by atoms with Crippen molar-refractivity contribution in [2.24, 2.45) is 0 Å². The van der Waals surface area contributed by atoms with E-state index in [0.717, 1.165) is 26.2 Å². The monoisotopic (exact) mass is 276 g/mol. The normalized spacial score (nSPS) is 25.4. The van der Waals surface area contributed by atoms with Gasteiger partial charge in [0.25, 0.3) is 0 Å². The lowest BCUT2D eigenvalue weighted by Gasteiger charge is -2.37. The van der Waals surface area contributed by atoms with Crippen LogP contribution in [0.25, 0.3) is 0 Å². The Balaban J connectivity index is 2.14. The zero-order chi connectivity index (χ0) is 14.6. The summed E-state index contributed by atoms with van der Waals surface area (Å²) in [5, 5.41) is 3.73. The van der Waals surface area contributed by atoms with Gasteiger partial charge in [-0.25, -0.2) is 0 Å². The molecular formula is C17H28N2O. The summed E-state index contributed by atoms with van der Waals surface area (Å²) in [5.41, 5.74) is 1.28. The van der Waals surface area contributed by atoms with Gasteiger partial charge in [-0.05, 0) is 45.8 Å². The lowest BCUT2D eigenvalue weighted by atomic mass is 9.91. The molecule has 1 aliphatic heterocycles. The van der Waals surface area contributed by atoms with Crippen molar-refractivity contribution in [2.75, 3.05) is 33.3 Å². The van der Waals surface area contributed by atoms with E-state index in [-0.39, 0.29) is 11.1 Å². The molecule has 1 saturated heterocycles. The maximum atomic E-state index is 5.59.